The van der Waals surface area contributed by atoms with Crippen LogP contribution >= 0.6 is 11.5 Å². The third-order valence-electron chi connectivity index (χ3n) is 1.36. The van der Waals surface area contributed by atoms with Gasteiger partial charge in [-0.15, -0.1) is 0 Å². The number of rotatable bonds is 3. The summed E-state index contributed by atoms with van der Waals surface area (Å²) in [5, 5.41) is 2.38. The fraction of sp³-hybridized carbons (Fsp3) is 0.571. The molecule has 0 atom stereocenters. The summed E-state index contributed by atoms with van der Waals surface area (Å²) in [5.74, 6) is 6.19. The lowest BCUT2D eigenvalue weighted by molar-refractivity contribution is 0.623. The molecule has 1 rings (SSSR count). The van der Waals surface area contributed by atoms with Crippen molar-refractivity contribution in [1.82, 2.24) is 4.37 Å². The first-order valence-corrected chi connectivity index (χ1v) is 4.62. The van der Waals surface area contributed by atoms with Crippen molar-refractivity contribution in [2.24, 2.45) is 11.8 Å². The lowest BCUT2D eigenvalue weighted by Gasteiger charge is -2.17. The molecular weight excluding hydrogens is 174 g/mol. The van der Waals surface area contributed by atoms with Gasteiger partial charge >= 0.3 is 0 Å². The largest absolute Gasteiger partial charge is 0.300 e. The van der Waals surface area contributed by atoms with E-state index in [0.29, 0.717) is 5.92 Å². The molecule has 1 aromatic heterocycles. The number of hydrazine groups is 1. The summed E-state index contributed by atoms with van der Waals surface area (Å²) in [4.78, 5) is 10.8. The zero-order valence-corrected chi connectivity index (χ0v) is 8.02. The predicted molar refractivity (Wildman–Crippen MR) is 51.3 cm³/mol. The highest BCUT2D eigenvalue weighted by Gasteiger charge is 2.05. The Hall–Kier alpha value is -0.810. The number of anilines is 1. The number of nitrogens with one attached hydrogen (secondary N) is 1. The van der Waals surface area contributed by atoms with Crippen molar-refractivity contribution in [3.63, 3.8) is 0 Å². The summed E-state index contributed by atoms with van der Waals surface area (Å²) in [6.07, 6.45) is 0. The fourth-order valence-electron chi connectivity index (χ4n) is 0.899. The Morgan fingerprint density at radius 1 is 1.75 bits per heavy atom. The average Bonchev–Trinajstić information content (AvgIpc) is 2.34. The molecule has 0 aliphatic rings. The van der Waals surface area contributed by atoms with Crippen molar-refractivity contribution in [2.45, 2.75) is 13.8 Å². The van der Waals surface area contributed by atoms with Crippen LogP contribution in [0, 0.1) is 5.92 Å². The van der Waals surface area contributed by atoms with E-state index in [4.69, 9.17) is 5.84 Å². The van der Waals surface area contributed by atoms with Gasteiger partial charge in [-0.25, -0.2) is 5.84 Å². The quantitative estimate of drug-likeness (QED) is 0.543. The standard InChI is InChI=1S/C7H13N3OS/c1-5(2)4-10(8)7-3-6(11)9-12-7/h3,5H,4,8H2,1-2H3,(H,9,11). The summed E-state index contributed by atoms with van der Waals surface area (Å²) in [7, 11) is 0. The van der Waals surface area contributed by atoms with Crippen molar-refractivity contribution in [2.75, 3.05) is 11.6 Å². The number of hydrogen-bond donors (Lipinski definition) is 2. The van der Waals surface area contributed by atoms with Crippen molar-refractivity contribution in [3.05, 3.63) is 16.4 Å². The molecule has 5 heteroatoms. The van der Waals surface area contributed by atoms with Crippen LogP contribution in [0.1, 0.15) is 13.8 Å². The number of aromatic nitrogens is 1. The second-order valence-corrected chi connectivity index (χ2v) is 3.92. The topological polar surface area (TPSA) is 62.1 Å². The summed E-state index contributed by atoms with van der Waals surface area (Å²) in [6, 6.07) is 1.51. The van der Waals surface area contributed by atoms with E-state index in [0.717, 1.165) is 11.5 Å². The molecule has 3 N–H and O–H groups in total. The molecule has 0 unspecified atom stereocenters. The summed E-state index contributed by atoms with van der Waals surface area (Å²) >= 11 is 1.26. The van der Waals surface area contributed by atoms with E-state index in [-0.39, 0.29) is 5.56 Å². The van der Waals surface area contributed by atoms with Crippen LogP contribution in [0.4, 0.5) is 5.00 Å². The van der Waals surface area contributed by atoms with Gasteiger partial charge in [-0.1, -0.05) is 13.8 Å². The van der Waals surface area contributed by atoms with Gasteiger partial charge < -0.3 is 5.01 Å². The van der Waals surface area contributed by atoms with Crippen LogP contribution in [0.15, 0.2) is 10.9 Å². The molecule has 0 saturated carbocycles. The number of hydrogen-bond acceptors (Lipinski definition) is 4. The Morgan fingerprint density at radius 2 is 2.42 bits per heavy atom. The first-order chi connectivity index (χ1) is 5.59. The van der Waals surface area contributed by atoms with Crippen molar-refractivity contribution in [3.8, 4) is 0 Å². The highest BCUT2D eigenvalue weighted by molar-refractivity contribution is 7.10. The lowest BCUT2D eigenvalue weighted by Crippen LogP contribution is -2.33. The highest BCUT2D eigenvalue weighted by atomic mass is 32.1. The molecule has 0 aliphatic heterocycles. The average molecular weight is 187 g/mol. The molecule has 0 aromatic carbocycles. The lowest BCUT2D eigenvalue weighted by atomic mass is 10.2. The van der Waals surface area contributed by atoms with Crippen molar-refractivity contribution >= 4 is 16.5 Å². The molecular formula is C7H13N3OS. The SMILES string of the molecule is CC(C)CN(N)c1cc(=O)[nH]s1. The van der Waals surface area contributed by atoms with Crippen LogP contribution in [0.2, 0.25) is 0 Å². The fourth-order valence-corrected chi connectivity index (χ4v) is 1.52. The molecule has 0 fully saturated rings. The second kappa shape index (κ2) is 3.73. The summed E-state index contributed by atoms with van der Waals surface area (Å²) in [5.41, 5.74) is -0.0887. The van der Waals surface area contributed by atoms with E-state index in [9.17, 15) is 4.79 Å². The molecule has 0 saturated heterocycles. The van der Waals surface area contributed by atoms with Crippen LogP contribution in [0.5, 0.6) is 0 Å². The normalized spacial score (nSPS) is 10.7. The van der Waals surface area contributed by atoms with Gasteiger partial charge in [-0.05, 0) is 17.5 Å². The Bertz CT molecular complexity index is 291. The molecule has 1 heterocycles. The van der Waals surface area contributed by atoms with E-state index in [1.54, 1.807) is 5.01 Å². The van der Waals surface area contributed by atoms with Gasteiger partial charge in [0.1, 0.15) is 5.00 Å². The summed E-state index contributed by atoms with van der Waals surface area (Å²) in [6.45, 7) is 4.92. The van der Waals surface area contributed by atoms with Crippen molar-refractivity contribution < 1.29 is 0 Å². The molecule has 0 radical (unpaired) electrons. The monoisotopic (exact) mass is 187 g/mol. The van der Waals surface area contributed by atoms with E-state index in [1.807, 2.05) is 0 Å². The van der Waals surface area contributed by atoms with Crippen LogP contribution in [0.25, 0.3) is 0 Å². The maximum atomic E-state index is 10.8. The molecule has 0 aliphatic carbocycles. The predicted octanol–water partition coefficient (Wildman–Crippen LogP) is 0.773. The Labute approximate surface area is 75.1 Å². The summed E-state index contributed by atoms with van der Waals surface area (Å²) < 4.78 is 2.59. The van der Waals surface area contributed by atoms with Gasteiger partial charge in [0, 0.05) is 12.6 Å². The molecule has 0 amide bonds. The van der Waals surface area contributed by atoms with Crippen LogP contribution in [-0.4, -0.2) is 10.9 Å². The van der Waals surface area contributed by atoms with Gasteiger partial charge in [-0.3, -0.25) is 9.17 Å². The van der Waals surface area contributed by atoms with E-state index < -0.39 is 0 Å². The van der Waals surface area contributed by atoms with Gasteiger partial charge in [0.15, 0.2) is 0 Å². The van der Waals surface area contributed by atoms with E-state index in [2.05, 4.69) is 18.2 Å². The maximum absolute atomic E-state index is 10.8. The Balaban J connectivity index is 2.65. The minimum absolute atomic E-state index is 0.0887. The molecule has 0 spiro atoms. The third kappa shape index (κ3) is 2.35. The van der Waals surface area contributed by atoms with Crippen LogP contribution in [0.3, 0.4) is 0 Å². The van der Waals surface area contributed by atoms with E-state index >= 15 is 0 Å². The zero-order valence-electron chi connectivity index (χ0n) is 7.20. The van der Waals surface area contributed by atoms with Crippen LogP contribution < -0.4 is 16.4 Å². The molecule has 68 valence electrons. The Morgan fingerprint density at radius 3 is 2.83 bits per heavy atom. The Kier molecular flexibility index (Phi) is 2.88. The van der Waals surface area contributed by atoms with E-state index in [1.165, 1.54) is 17.6 Å². The van der Waals surface area contributed by atoms with Gasteiger partial charge in [-0.2, -0.15) is 0 Å². The first-order valence-electron chi connectivity index (χ1n) is 3.80. The second-order valence-electron chi connectivity index (χ2n) is 3.10. The highest BCUT2D eigenvalue weighted by Crippen LogP contribution is 2.13. The number of aromatic amines is 1. The number of nitrogens with zero attached hydrogens (tertiary/aromatic N) is 1. The van der Waals surface area contributed by atoms with Gasteiger partial charge in [0.25, 0.3) is 5.56 Å². The third-order valence-corrected chi connectivity index (χ3v) is 2.22. The number of H-pyrrole nitrogens is 1. The zero-order chi connectivity index (χ0) is 9.14. The smallest absolute Gasteiger partial charge is 0.260 e. The first kappa shape index (κ1) is 9.28. The molecule has 4 nitrogen and oxygen atoms in total. The van der Waals surface area contributed by atoms with Crippen LogP contribution in [-0.2, 0) is 0 Å². The molecule has 0 bridgehead atoms. The van der Waals surface area contributed by atoms with Gasteiger partial charge in [0.05, 0.1) is 0 Å². The van der Waals surface area contributed by atoms with Crippen molar-refractivity contribution in [1.29, 1.82) is 0 Å². The maximum Gasteiger partial charge on any atom is 0.260 e. The minimum atomic E-state index is -0.0887. The molecule has 1 aromatic rings. The minimum Gasteiger partial charge on any atom is -0.300 e. The number of nitrogens with two attached hydrogens (primary N) is 1. The molecule has 12 heavy (non-hydrogen) atoms. The van der Waals surface area contributed by atoms with Gasteiger partial charge in [0.2, 0.25) is 0 Å².